The summed E-state index contributed by atoms with van der Waals surface area (Å²) in [6.45, 7) is 3.81. The summed E-state index contributed by atoms with van der Waals surface area (Å²) in [4.78, 5) is -0.0395. The van der Waals surface area contributed by atoms with Crippen LogP contribution in [-0.4, -0.2) is 32.0 Å². The van der Waals surface area contributed by atoms with Gasteiger partial charge in [0, 0.05) is 0 Å². The van der Waals surface area contributed by atoms with E-state index >= 15 is 0 Å². The lowest BCUT2D eigenvalue weighted by Gasteiger charge is -2.09. The Morgan fingerprint density at radius 1 is 1.31 bits per heavy atom. The number of phenols is 1. The maximum Gasteiger partial charge on any atom is 0.184 e. The van der Waals surface area contributed by atoms with Crippen molar-refractivity contribution in [2.24, 2.45) is 0 Å². The maximum atomic E-state index is 11.8. The number of benzene rings is 1. The molecule has 0 bridgehead atoms. The van der Waals surface area contributed by atoms with Crippen LogP contribution in [0, 0.1) is 0 Å². The first-order chi connectivity index (χ1) is 7.43. The number of sulfone groups is 1. The summed E-state index contributed by atoms with van der Waals surface area (Å²) in [6, 6.07) is 5.91. The largest absolute Gasteiger partial charge is 0.507 e. The van der Waals surface area contributed by atoms with Crippen molar-refractivity contribution in [3.63, 3.8) is 0 Å². The molecule has 0 aliphatic carbocycles. The Morgan fingerprint density at radius 2 is 1.94 bits per heavy atom. The molecular formula is C11H16O4S. The van der Waals surface area contributed by atoms with Gasteiger partial charge in [-0.25, -0.2) is 8.42 Å². The molecule has 1 rings (SSSR count). The van der Waals surface area contributed by atoms with Crippen LogP contribution in [0.1, 0.15) is 13.8 Å². The minimum absolute atomic E-state index is 0.000398. The van der Waals surface area contributed by atoms with Crippen molar-refractivity contribution < 1.29 is 18.3 Å². The van der Waals surface area contributed by atoms with E-state index in [1.54, 1.807) is 12.1 Å². The number of aromatic hydroxyl groups is 1. The van der Waals surface area contributed by atoms with E-state index < -0.39 is 9.84 Å². The van der Waals surface area contributed by atoms with Crippen LogP contribution in [0.5, 0.6) is 5.75 Å². The second-order valence-electron chi connectivity index (χ2n) is 3.71. The summed E-state index contributed by atoms with van der Waals surface area (Å²) in [7, 11) is -3.46. The van der Waals surface area contributed by atoms with E-state index in [0.29, 0.717) is 0 Å². The van der Waals surface area contributed by atoms with E-state index in [1.807, 2.05) is 13.8 Å². The molecule has 0 aliphatic rings. The molecule has 4 nitrogen and oxygen atoms in total. The lowest BCUT2D eigenvalue weighted by Crippen LogP contribution is -2.15. The molecule has 5 heteroatoms. The van der Waals surface area contributed by atoms with Gasteiger partial charge in [-0.2, -0.15) is 0 Å². The van der Waals surface area contributed by atoms with E-state index in [1.165, 1.54) is 12.1 Å². The highest BCUT2D eigenvalue weighted by molar-refractivity contribution is 7.91. The zero-order chi connectivity index (χ0) is 12.2. The number of rotatable bonds is 5. The van der Waals surface area contributed by atoms with Gasteiger partial charge in [-0.1, -0.05) is 12.1 Å². The molecule has 0 radical (unpaired) electrons. The fourth-order valence-electron chi connectivity index (χ4n) is 1.22. The van der Waals surface area contributed by atoms with Crippen LogP contribution in [0.2, 0.25) is 0 Å². The van der Waals surface area contributed by atoms with Gasteiger partial charge in [0.1, 0.15) is 10.6 Å². The highest BCUT2D eigenvalue weighted by Crippen LogP contribution is 2.22. The molecule has 1 aromatic rings. The molecule has 1 N–H and O–H groups in total. The van der Waals surface area contributed by atoms with Crippen LogP contribution in [-0.2, 0) is 14.6 Å². The Bertz CT molecular complexity index is 437. The summed E-state index contributed by atoms with van der Waals surface area (Å²) in [5, 5.41) is 9.43. The van der Waals surface area contributed by atoms with E-state index in [4.69, 9.17) is 4.74 Å². The molecule has 0 fully saturated rings. The third-order valence-corrected chi connectivity index (χ3v) is 3.72. The molecule has 1 aromatic carbocycles. The first kappa shape index (κ1) is 13.0. The van der Waals surface area contributed by atoms with Crippen LogP contribution in [0.4, 0.5) is 0 Å². The second kappa shape index (κ2) is 5.32. The van der Waals surface area contributed by atoms with Crippen LogP contribution in [0.15, 0.2) is 29.2 Å². The highest BCUT2D eigenvalue weighted by Gasteiger charge is 2.18. The molecule has 0 unspecified atom stereocenters. The molecule has 0 saturated carbocycles. The van der Waals surface area contributed by atoms with Gasteiger partial charge in [0.2, 0.25) is 0 Å². The van der Waals surface area contributed by atoms with Crippen LogP contribution < -0.4 is 0 Å². The van der Waals surface area contributed by atoms with Crippen molar-refractivity contribution in [1.29, 1.82) is 0 Å². The first-order valence-corrected chi connectivity index (χ1v) is 6.71. The van der Waals surface area contributed by atoms with Gasteiger partial charge in [0.15, 0.2) is 9.84 Å². The van der Waals surface area contributed by atoms with Gasteiger partial charge in [-0.15, -0.1) is 0 Å². The lowest BCUT2D eigenvalue weighted by atomic mass is 10.3. The number of ether oxygens (including phenoxy) is 1. The summed E-state index contributed by atoms with van der Waals surface area (Å²) in [6.07, 6.45) is -0.000398. The molecule has 90 valence electrons. The average molecular weight is 244 g/mol. The molecule has 16 heavy (non-hydrogen) atoms. The van der Waals surface area contributed by atoms with Crippen LogP contribution in [0.3, 0.4) is 0 Å². The second-order valence-corrected chi connectivity index (χ2v) is 5.78. The standard InChI is InChI=1S/C11H16O4S/c1-9(2)15-7-8-16(13,14)11-6-4-3-5-10(11)12/h3-6,9,12H,7-8H2,1-2H3. The molecule has 0 aliphatic heterocycles. The predicted octanol–water partition coefficient (Wildman–Crippen LogP) is 1.59. The van der Waals surface area contributed by atoms with E-state index in [0.717, 1.165) is 0 Å². The van der Waals surface area contributed by atoms with Crippen LogP contribution in [0.25, 0.3) is 0 Å². The topological polar surface area (TPSA) is 63.6 Å². The van der Waals surface area contributed by atoms with E-state index in [9.17, 15) is 13.5 Å². The van der Waals surface area contributed by atoms with Gasteiger partial charge in [0.05, 0.1) is 18.5 Å². The molecule has 0 heterocycles. The monoisotopic (exact) mass is 244 g/mol. The molecule has 0 atom stereocenters. The summed E-state index contributed by atoms with van der Waals surface area (Å²) in [5.74, 6) is -0.338. The molecule has 0 aromatic heterocycles. The zero-order valence-electron chi connectivity index (χ0n) is 9.38. The Kier molecular flexibility index (Phi) is 4.32. The fourth-order valence-corrected chi connectivity index (χ4v) is 2.43. The Labute approximate surface area is 95.8 Å². The SMILES string of the molecule is CC(C)OCCS(=O)(=O)c1ccccc1O. The van der Waals surface area contributed by atoms with Gasteiger partial charge >= 0.3 is 0 Å². The normalized spacial score (nSPS) is 11.9. The quantitative estimate of drug-likeness (QED) is 0.854. The van der Waals surface area contributed by atoms with Crippen molar-refractivity contribution in [2.75, 3.05) is 12.4 Å². The van der Waals surface area contributed by atoms with Crippen molar-refractivity contribution >= 4 is 9.84 Å². The molecule has 0 amide bonds. The third kappa shape index (κ3) is 3.50. The van der Waals surface area contributed by atoms with Crippen LogP contribution >= 0.6 is 0 Å². The first-order valence-electron chi connectivity index (χ1n) is 5.06. The van der Waals surface area contributed by atoms with Crippen molar-refractivity contribution in [3.8, 4) is 5.75 Å². The average Bonchev–Trinajstić information content (AvgIpc) is 2.17. The van der Waals surface area contributed by atoms with Crippen molar-refractivity contribution in [3.05, 3.63) is 24.3 Å². The highest BCUT2D eigenvalue weighted by atomic mass is 32.2. The third-order valence-electron chi connectivity index (χ3n) is 2.00. The molecule has 0 spiro atoms. The van der Waals surface area contributed by atoms with Gasteiger partial charge < -0.3 is 9.84 Å². The summed E-state index contributed by atoms with van der Waals surface area (Å²) in [5.41, 5.74) is 0. The Hall–Kier alpha value is -1.07. The Morgan fingerprint density at radius 3 is 2.50 bits per heavy atom. The smallest absolute Gasteiger partial charge is 0.184 e. The van der Waals surface area contributed by atoms with Gasteiger partial charge in [-0.05, 0) is 26.0 Å². The number of phenolic OH excluding ortho intramolecular Hbond substituents is 1. The van der Waals surface area contributed by atoms with Crippen molar-refractivity contribution in [2.45, 2.75) is 24.8 Å². The summed E-state index contributed by atoms with van der Waals surface area (Å²) < 4.78 is 28.8. The summed E-state index contributed by atoms with van der Waals surface area (Å²) >= 11 is 0. The minimum Gasteiger partial charge on any atom is -0.507 e. The van der Waals surface area contributed by atoms with Crippen molar-refractivity contribution in [1.82, 2.24) is 0 Å². The number of para-hydroxylation sites is 1. The minimum atomic E-state index is -3.46. The van der Waals surface area contributed by atoms with Gasteiger partial charge in [0.25, 0.3) is 0 Å². The predicted molar refractivity (Wildman–Crippen MR) is 61.2 cm³/mol. The number of hydrogen-bond acceptors (Lipinski definition) is 4. The maximum absolute atomic E-state index is 11.8. The fraction of sp³-hybridized carbons (Fsp3) is 0.455. The zero-order valence-corrected chi connectivity index (χ0v) is 10.2. The van der Waals surface area contributed by atoms with Gasteiger partial charge in [-0.3, -0.25) is 0 Å². The lowest BCUT2D eigenvalue weighted by molar-refractivity contribution is 0.0912. The molecule has 0 saturated heterocycles. The molecular weight excluding hydrogens is 228 g/mol. The van der Waals surface area contributed by atoms with E-state index in [2.05, 4.69) is 0 Å². The van der Waals surface area contributed by atoms with E-state index in [-0.39, 0.29) is 29.1 Å². The Balaban J connectivity index is 2.75. The number of hydrogen-bond donors (Lipinski definition) is 1.